The van der Waals surface area contributed by atoms with Gasteiger partial charge in [0.25, 0.3) is 11.6 Å². The zero-order valence-corrected chi connectivity index (χ0v) is 18.7. The molecular weight excluding hydrogens is 453 g/mol. The highest BCUT2D eigenvalue weighted by Crippen LogP contribution is 2.36. The minimum atomic E-state index is -4.69. The van der Waals surface area contributed by atoms with E-state index in [4.69, 9.17) is 0 Å². The number of anilines is 1. The number of nitro groups is 1. The van der Waals surface area contributed by atoms with Crippen molar-refractivity contribution in [1.29, 1.82) is 0 Å². The van der Waals surface area contributed by atoms with Gasteiger partial charge in [0, 0.05) is 37.8 Å². The number of rotatable bonds is 6. The van der Waals surface area contributed by atoms with Crippen LogP contribution in [0.4, 0.5) is 24.5 Å². The summed E-state index contributed by atoms with van der Waals surface area (Å²) in [6, 6.07) is 10.2. The van der Waals surface area contributed by atoms with Crippen molar-refractivity contribution in [1.82, 2.24) is 10.2 Å². The number of carbonyl (C=O) groups excluding carboxylic acids is 2. The number of hydrogen-bond acceptors (Lipinski definition) is 5. The normalized spacial score (nSPS) is 15.2. The van der Waals surface area contributed by atoms with Crippen molar-refractivity contribution in [2.75, 3.05) is 31.1 Å². The van der Waals surface area contributed by atoms with Gasteiger partial charge in [0.05, 0.1) is 10.5 Å². The van der Waals surface area contributed by atoms with E-state index in [0.29, 0.717) is 11.6 Å². The van der Waals surface area contributed by atoms with Gasteiger partial charge in [-0.1, -0.05) is 32.0 Å². The number of piperazine rings is 1. The van der Waals surface area contributed by atoms with Gasteiger partial charge in [0.15, 0.2) is 0 Å². The van der Waals surface area contributed by atoms with E-state index in [9.17, 15) is 32.9 Å². The Hall–Kier alpha value is -3.63. The fourth-order valence-corrected chi connectivity index (χ4v) is 3.81. The molecule has 1 saturated heterocycles. The lowest BCUT2D eigenvalue weighted by Gasteiger charge is -2.38. The highest BCUT2D eigenvalue weighted by Gasteiger charge is 2.35. The molecular formula is C23H25F3N4O4. The second-order valence-electron chi connectivity index (χ2n) is 8.33. The summed E-state index contributed by atoms with van der Waals surface area (Å²) in [5, 5.41) is 14.2. The van der Waals surface area contributed by atoms with E-state index in [1.165, 1.54) is 0 Å². The van der Waals surface area contributed by atoms with Crippen LogP contribution in [0.2, 0.25) is 0 Å². The van der Waals surface area contributed by atoms with Crippen molar-refractivity contribution in [2.24, 2.45) is 5.92 Å². The average molecular weight is 478 g/mol. The molecule has 182 valence electrons. The summed E-state index contributed by atoms with van der Waals surface area (Å²) in [5.41, 5.74) is -1.22. The zero-order valence-electron chi connectivity index (χ0n) is 18.7. The number of carbonyl (C=O) groups is 2. The molecule has 1 fully saturated rings. The molecule has 3 rings (SSSR count). The van der Waals surface area contributed by atoms with Crippen molar-refractivity contribution in [3.05, 3.63) is 69.8 Å². The fraction of sp³-hybridized carbons (Fsp3) is 0.391. The van der Waals surface area contributed by atoms with Crippen LogP contribution in [0.15, 0.2) is 48.5 Å². The number of amides is 2. The Morgan fingerprint density at radius 1 is 1.03 bits per heavy atom. The summed E-state index contributed by atoms with van der Waals surface area (Å²) >= 11 is 0. The van der Waals surface area contributed by atoms with Crippen molar-refractivity contribution in [3.8, 4) is 0 Å². The van der Waals surface area contributed by atoms with E-state index < -0.39 is 28.4 Å². The van der Waals surface area contributed by atoms with Gasteiger partial charge in [-0.25, -0.2) is 0 Å². The molecule has 0 saturated carbocycles. The average Bonchev–Trinajstić information content (AvgIpc) is 2.81. The minimum Gasteiger partial charge on any atom is -0.362 e. The van der Waals surface area contributed by atoms with Gasteiger partial charge in [-0.2, -0.15) is 13.2 Å². The SMILES string of the molecule is CC(C)C(NC(=O)c1ccccc1)C(=O)N1CCN(c2ccc(C(F)(F)F)cc2[N+](=O)[O-])CC1. The Bertz CT molecular complexity index is 1050. The fourth-order valence-electron chi connectivity index (χ4n) is 3.81. The van der Waals surface area contributed by atoms with Gasteiger partial charge < -0.3 is 15.1 Å². The second kappa shape index (κ2) is 10.1. The first-order chi connectivity index (χ1) is 16.0. The highest BCUT2D eigenvalue weighted by atomic mass is 19.4. The molecule has 2 amide bonds. The van der Waals surface area contributed by atoms with Crippen LogP contribution in [0.3, 0.4) is 0 Å². The van der Waals surface area contributed by atoms with Crippen molar-refractivity contribution in [3.63, 3.8) is 0 Å². The summed E-state index contributed by atoms with van der Waals surface area (Å²) < 4.78 is 38.9. The van der Waals surface area contributed by atoms with Crippen LogP contribution in [0.5, 0.6) is 0 Å². The third kappa shape index (κ3) is 5.64. The summed E-state index contributed by atoms with van der Waals surface area (Å²) in [5.74, 6) is -0.832. The minimum absolute atomic E-state index is 0.0721. The summed E-state index contributed by atoms with van der Waals surface area (Å²) in [4.78, 5) is 39.4. The Labute approximate surface area is 194 Å². The summed E-state index contributed by atoms with van der Waals surface area (Å²) in [7, 11) is 0. The number of nitrogens with zero attached hydrogens (tertiary/aromatic N) is 3. The molecule has 1 atom stereocenters. The topological polar surface area (TPSA) is 95.8 Å². The molecule has 34 heavy (non-hydrogen) atoms. The van der Waals surface area contributed by atoms with Crippen LogP contribution >= 0.6 is 0 Å². The van der Waals surface area contributed by atoms with Crippen molar-refractivity contribution in [2.45, 2.75) is 26.1 Å². The molecule has 0 bridgehead atoms. The van der Waals surface area contributed by atoms with E-state index >= 15 is 0 Å². The molecule has 0 radical (unpaired) electrons. The predicted octanol–water partition coefficient (Wildman–Crippen LogP) is 3.72. The van der Waals surface area contributed by atoms with Crippen LogP contribution in [-0.2, 0) is 11.0 Å². The molecule has 1 N–H and O–H groups in total. The Balaban J connectivity index is 1.70. The zero-order chi connectivity index (χ0) is 25.0. The molecule has 1 aliphatic rings. The standard InChI is InChI=1S/C23H25F3N4O4/c1-15(2)20(27-21(31)16-6-4-3-5-7-16)22(32)29-12-10-28(11-13-29)18-9-8-17(23(24,25)26)14-19(18)30(33)34/h3-9,14-15,20H,10-13H2,1-2H3,(H,27,31). The molecule has 0 aliphatic carbocycles. The number of hydrogen-bond donors (Lipinski definition) is 1. The molecule has 0 aromatic heterocycles. The molecule has 1 aliphatic heterocycles. The third-order valence-electron chi connectivity index (χ3n) is 5.69. The molecule has 8 nitrogen and oxygen atoms in total. The number of alkyl halides is 3. The molecule has 11 heteroatoms. The summed E-state index contributed by atoms with van der Waals surface area (Å²) in [6.07, 6.45) is -4.69. The van der Waals surface area contributed by atoms with Crippen molar-refractivity contribution >= 4 is 23.2 Å². The molecule has 2 aromatic carbocycles. The Morgan fingerprint density at radius 3 is 2.18 bits per heavy atom. The number of nitrogens with one attached hydrogen (secondary N) is 1. The maximum atomic E-state index is 13.1. The monoisotopic (exact) mass is 478 g/mol. The molecule has 0 spiro atoms. The Morgan fingerprint density at radius 2 is 1.65 bits per heavy atom. The van der Waals surface area contributed by atoms with E-state index in [1.54, 1.807) is 40.1 Å². The van der Waals surface area contributed by atoms with Gasteiger partial charge in [0.2, 0.25) is 5.91 Å². The smallest absolute Gasteiger partial charge is 0.362 e. The highest BCUT2D eigenvalue weighted by molar-refractivity contribution is 5.97. The van der Waals surface area contributed by atoms with E-state index in [0.717, 1.165) is 12.1 Å². The number of halogens is 3. The molecule has 1 unspecified atom stereocenters. The second-order valence-corrected chi connectivity index (χ2v) is 8.33. The van der Waals surface area contributed by atoms with Crippen LogP contribution in [0.25, 0.3) is 0 Å². The van der Waals surface area contributed by atoms with Crippen molar-refractivity contribution < 1.29 is 27.7 Å². The summed E-state index contributed by atoms with van der Waals surface area (Å²) in [6.45, 7) is 4.46. The lowest BCUT2D eigenvalue weighted by molar-refractivity contribution is -0.384. The van der Waals surface area contributed by atoms with Gasteiger partial charge >= 0.3 is 6.18 Å². The van der Waals surface area contributed by atoms with Crippen LogP contribution in [-0.4, -0.2) is 53.9 Å². The molecule has 1 heterocycles. The lowest BCUT2D eigenvalue weighted by Crippen LogP contribution is -2.56. The number of benzene rings is 2. The third-order valence-corrected chi connectivity index (χ3v) is 5.69. The van der Waals surface area contributed by atoms with Gasteiger partial charge in [-0.05, 0) is 30.2 Å². The Kier molecular flexibility index (Phi) is 7.43. The van der Waals surface area contributed by atoms with Crippen LogP contribution in [0.1, 0.15) is 29.8 Å². The lowest BCUT2D eigenvalue weighted by atomic mass is 10.0. The van der Waals surface area contributed by atoms with Crippen LogP contribution in [0, 0.1) is 16.0 Å². The first-order valence-electron chi connectivity index (χ1n) is 10.7. The maximum Gasteiger partial charge on any atom is 0.416 e. The van der Waals surface area contributed by atoms with E-state index in [2.05, 4.69) is 5.32 Å². The first-order valence-corrected chi connectivity index (χ1v) is 10.7. The maximum absolute atomic E-state index is 13.1. The van der Waals surface area contributed by atoms with Crippen LogP contribution < -0.4 is 10.2 Å². The van der Waals surface area contributed by atoms with E-state index in [-0.39, 0.29) is 49.6 Å². The molecule has 2 aromatic rings. The number of nitro benzene ring substituents is 1. The first kappa shape index (κ1) is 25.0. The predicted molar refractivity (Wildman–Crippen MR) is 119 cm³/mol. The van der Waals surface area contributed by atoms with Gasteiger partial charge in [-0.15, -0.1) is 0 Å². The van der Waals surface area contributed by atoms with Gasteiger partial charge in [0.1, 0.15) is 11.7 Å². The largest absolute Gasteiger partial charge is 0.416 e. The van der Waals surface area contributed by atoms with Gasteiger partial charge in [-0.3, -0.25) is 19.7 Å². The van der Waals surface area contributed by atoms with E-state index in [1.807, 2.05) is 13.8 Å². The quantitative estimate of drug-likeness (QED) is 0.504.